The van der Waals surface area contributed by atoms with Crippen molar-refractivity contribution in [3.05, 3.63) is 60.2 Å². The minimum absolute atomic E-state index is 0.118. The summed E-state index contributed by atoms with van der Waals surface area (Å²) in [5.41, 5.74) is 0.822. The van der Waals surface area contributed by atoms with E-state index in [4.69, 9.17) is 0 Å². The van der Waals surface area contributed by atoms with Gasteiger partial charge < -0.3 is 10.6 Å². The van der Waals surface area contributed by atoms with Gasteiger partial charge in [0, 0.05) is 19.6 Å². The first-order chi connectivity index (χ1) is 14.4. The zero-order valence-corrected chi connectivity index (χ0v) is 17.8. The van der Waals surface area contributed by atoms with Crippen molar-refractivity contribution in [3.63, 3.8) is 0 Å². The summed E-state index contributed by atoms with van der Waals surface area (Å²) in [6.45, 7) is 3.02. The third kappa shape index (κ3) is 5.06. The van der Waals surface area contributed by atoms with E-state index in [0.717, 1.165) is 6.42 Å². The smallest absolute Gasteiger partial charge is 0.253 e. The number of rotatable bonds is 7. The lowest BCUT2D eigenvalue weighted by Crippen LogP contribution is -2.43. The maximum absolute atomic E-state index is 12.9. The second-order valence-corrected chi connectivity index (χ2v) is 9.24. The molecule has 1 atom stereocenters. The number of hydrogen-bond acceptors (Lipinski definition) is 4. The van der Waals surface area contributed by atoms with Crippen LogP contribution >= 0.6 is 0 Å². The molecule has 0 radical (unpaired) electrons. The Morgan fingerprint density at radius 3 is 2.50 bits per heavy atom. The molecule has 0 saturated carbocycles. The van der Waals surface area contributed by atoms with Gasteiger partial charge in [-0.25, -0.2) is 8.42 Å². The van der Waals surface area contributed by atoms with Crippen molar-refractivity contribution in [1.82, 2.24) is 9.62 Å². The number of anilines is 1. The van der Waals surface area contributed by atoms with E-state index in [0.29, 0.717) is 37.2 Å². The standard InChI is InChI=1S/C22H27N3O4S/c1-2-14-23-22(27)19-12-6-7-13-20(19)24-21(26)17-9-8-15-25(16-17)30(28,29)18-10-4-3-5-11-18/h3-7,10-13,17H,2,8-9,14-16H2,1H3,(H,23,27)(H,24,26)/t17-/m1/s1. The summed E-state index contributed by atoms with van der Waals surface area (Å²) < 4.78 is 27.2. The van der Waals surface area contributed by atoms with Gasteiger partial charge in [0.25, 0.3) is 5.91 Å². The van der Waals surface area contributed by atoms with Gasteiger partial charge in [0.15, 0.2) is 0 Å². The number of hydrogen-bond donors (Lipinski definition) is 2. The molecule has 2 amide bonds. The molecule has 0 aromatic heterocycles. The highest BCUT2D eigenvalue weighted by Crippen LogP contribution is 2.25. The minimum atomic E-state index is -3.64. The lowest BCUT2D eigenvalue weighted by molar-refractivity contribution is -0.120. The topological polar surface area (TPSA) is 95.6 Å². The highest BCUT2D eigenvalue weighted by molar-refractivity contribution is 7.89. The van der Waals surface area contributed by atoms with E-state index in [1.54, 1.807) is 54.6 Å². The fourth-order valence-electron chi connectivity index (χ4n) is 3.47. The molecular formula is C22H27N3O4S. The van der Waals surface area contributed by atoms with Gasteiger partial charge in [-0.1, -0.05) is 37.3 Å². The van der Waals surface area contributed by atoms with E-state index in [1.807, 2.05) is 6.92 Å². The third-order valence-corrected chi connectivity index (χ3v) is 6.98. The molecule has 1 fully saturated rings. The molecule has 1 aliphatic rings. The summed E-state index contributed by atoms with van der Waals surface area (Å²) in [6.07, 6.45) is 2.01. The summed E-state index contributed by atoms with van der Waals surface area (Å²) in [6, 6.07) is 15.1. The molecule has 30 heavy (non-hydrogen) atoms. The highest BCUT2D eigenvalue weighted by atomic mass is 32.2. The summed E-state index contributed by atoms with van der Waals surface area (Å²) in [7, 11) is -3.64. The molecule has 7 nitrogen and oxygen atoms in total. The minimum Gasteiger partial charge on any atom is -0.352 e. The van der Waals surface area contributed by atoms with Crippen LogP contribution in [0.1, 0.15) is 36.5 Å². The fourth-order valence-corrected chi connectivity index (χ4v) is 5.02. The van der Waals surface area contributed by atoms with Crippen molar-refractivity contribution in [2.24, 2.45) is 5.92 Å². The SMILES string of the molecule is CCCNC(=O)c1ccccc1NC(=O)[C@@H]1CCCN(S(=O)(=O)c2ccccc2)C1. The van der Waals surface area contributed by atoms with Crippen molar-refractivity contribution in [1.29, 1.82) is 0 Å². The van der Waals surface area contributed by atoms with Crippen LogP contribution in [0.4, 0.5) is 5.69 Å². The number of benzene rings is 2. The Bertz CT molecular complexity index is 992. The number of sulfonamides is 1. The van der Waals surface area contributed by atoms with Crippen LogP contribution in [-0.2, 0) is 14.8 Å². The van der Waals surface area contributed by atoms with Crippen LogP contribution in [0.5, 0.6) is 0 Å². The molecule has 2 aromatic rings. The van der Waals surface area contributed by atoms with Crippen LogP contribution < -0.4 is 10.6 Å². The van der Waals surface area contributed by atoms with Gasteiger partial charge >= 0.3 is 0 Å². The fraction of sp³-hybridized carbons (Fsp3) is 0.364. The molecule has 1 saturated heterocycles. The molecule has 0 unspecified atom stereocenters. The summed E-state index contributed by atoms with van der Waals surface area (Å²) in [4.78, 5) is 25.5. The predicted molar refractivity (Wildman–Crippen MR) is 116 cm³/mol. The predicted octanol–water partition coefficient (Wildman–Crippen LogP) is 2.87. The largest absolute Gasteiger partial charge is 0.352 e. The van der Waals surface area contributed by atoms with Crippen molar-refractivity contribution >= 4 is 27.5 Å². The average Bonchev–Trinajstić information content (AvgIpc) is 2.78. The molecule has 1 aliphatic heterocycles. The van der Waals surface area contributed by atoms with Gasteiger partial charge in [-0.15, -0.1) is 0 Å². The molecule has 2 N–H and O–H groups in total. The second-order valence-electron chi connectivity index (χ2n) is 7.31. The van der Waals surface area contributed by atoms with Gasteiger partial charge in [0.2, 0.25) is 15.9 Å². The Labute approximate surface area is 177 Å². The Morgan fingerprint density at radius 2 is 1.77 bits per heavy atom. The molecule has 0 bridgehead atoms. The number of nitrogens with one attached hydrogen (secondary N) is 2. The van der Waals surface area contributed by atoms with Gasteiger partial charge in [0.1, 0.15) is 0 Å². The van der Waals surface area contributed by atoms with Gasteiger partial charge in [-0.2, -0.15) is 4.31 Å². The van der Waals surface area contributed by atoms with Crippen molar-refractivity contribution < 1.29 is 18.0 Å². The molecule has 1 heterocycles. The van der Waals surface area contributed by atoms with Gasteiger partial charge in [-0.3, -0.25) is 9.59 Å². The molecule has 2 aromatic carbocycles. The van der Waals surface area contributed by atoms with E-state index in [1.165, 1.54) is 4.31 Å². The number of piperidine rings is 1. The van der Waals surface area contributed by atoms with Crippen LogP contribution in [0.25, 0.3) is 0 Å². The number of carbonyl (C=O) groups excluding carboxylic acids is 2. The zero-order chi connectivity index (χ0) is 21.6. The first-order valence-corrected chi connectivity index (χ1v) is 11.6. The summed E-state index contributed by atoms with van der Waals surface area (Å²) >= 11 is 0. The van der Waals surface area contributed by atoms with E-state index in [-0.39, 0.29) is 23.3 Å². The van der Waals surface area contributed by atoms with Crippen LogP contribution in [0.2, 0.25) is 0 Å². The van der Waals surface area contributed by atoms with E-state index >= 15 is 0 Å². The van der Waals surface area contributed by atoms with Gasteiger partial charge in [0.05, 0.1) is 22.1 Å². The second kappa shape index (κ2) is 9.86. The first-order valence-electron chi connectivity index (χ1n) is 10.2. The van der Waals surface area contributed by atoms with Crippen molar-refractivity contribution in [2.75, 3.05) is 25.0 Å². The quantitative estimate of drug-likeness (QED) is 0.707. The van der Waals surface area contributed by atoms with Crippen molar-refractivity contribution in [2.45, 2.75) is 31.1 Å². The van der Waals surface area contributed by atoms with E-state index in [9.17, 15) is 18.0 Å². The summed E-state index contributed by atoms with van der Waals surface area (Å²) in [5.74, 6) is -1.01. The number of nitrogens with zero attached hydrogens (tertiary/aromatic N) is 1. The number of amides is 2. The number of carbonyl (C=O) groups is 2. The van der Waals surface area contributed by atoms with Crippen LogP contribution in [0.3, 0.4) is 0 Å². The third-order valence-electron chi connectivity index (χ3n) is 5.10. The molecular weight excluding hydrogens is 402 g/mol. The maximum atomic E-state index is 12.9. The lowest BCUT2D eigenvalue weighted by Gasteiger charge is -2.31. The average molecular weight is 430 g/mol. The first kappa shape index (κ1) is 22.0. The summed E-state index contributed by atoms with van der Waals surface area (Å²) in [5, 5.41) is 5.64. The monoisotopic (exact) mass is 429 g/mol. The molecule has 3 rings (SSSR count). The van der Waals surface area contributed by atoms with Crippen LogP contribution in [-0.4, -0.2) is 44.2 Å². The maximum Gasteiger partial charge on any atom is 0.253 e. The molecule has 8 heteroatoms. The van der Waals surface area contributed by atoms with Crippen LogP contribution in [0, 0.1) is 5.92 Å². The highest BCUT2D eigenvalue weighted by Gasteiger charge is 2.33. The molecule has 160 valence electrons. The number of para-hydroxylation sites is 1. The molecule has 0 aliphatic carbocycles. The lowest BCUT2D eigenvalue weighted by atomic mass is 9.98. The Balaban J connectivity index is 1.72. The normalized spacial score (nSPS) is 17.3. The van der Waals surface area contributed by atoms with E-state index < -0.39 is 15.9 Å². The zero-order valence-electron chi connectivity index (χ0n) is 17.0. The van der Waals surface area contributed by atoms with Crippen LogP contribution in [0.15, 0.2) is 59.5 Å². The molecule has 0 spiro atoms. The Kier molecular flexibility index (Phi) is 7.23. The Morgan fingerprint density at radius 1 is 1.07 bits per heavy atom. The van der Waals surface area contributed by atoms with E-state index in [2.05, 4.69) is 10.6 Å². The van der Waals surface area contributed by atoms with Crippen molar-refractivity contribution in [3.8, 4) is 0 Å². The van der Waals surface area contributed by atoms with Gasteiger partial charge in [-0.05, 0) is 43.5 Å². The Hall–Kier alpha value is -2.71.